The van der Waals surface area contributed by atoms with Crippen LogP contribution in [0.25, 0.3) is 11.0 Å². The maximum Gasteiger partial charge on any atom is 0.312 e. The van der Waals surface area contributed by atoms with Crippen LogP contribution in [0.1, 0.15) is 23.7 Å². The van der Waals surface area contributed by atoms with E-state index in [9.17, 15) is 9.59 Å². The van der Waals surface area contributed by atoms with Gasteiger partial charge >= 0.3 is 5.97 Å². The topological polar surface area (TPSA) is 81.4 Å². The fourth-order valence-electron chi connectivity index (χ4n) is 2.60. The zero-order valence-corrected chi connectivity index (χ0v) is 14.9. The number of rotatable bonds is 5. The number of carbonyl (C=O) groups excluding carboxylic acids is 2. The summed E-state index contributed by atoms with van der Waals surface area (Å²) in [6.07, 6.45) is -0.974. The maximum absolute atomic E-state index is 12.3. The molecule has 2 aromatic carbocycles. The molecule has 0 saturated heterocycles. The van der Waals surface area contributed by atoms with Crippen molar-refractivity contribution in [1.82, 2.24) is 5.16 Å². The van der Waals surface area contributed by atoms with Crippen molar-refractivity contribution in [3.63, 3.8) is 0 Å². The van der Waals surface area contributed by atoms with Crippen LogP contribution in [0.3, 0.4) is 0 Å². The van der Waals surface area contributed by atoms with Gasteiger partial charge in [-0.2, -0.15) is 0 Å². The van der Waals surface area contributed by atoms with Crippen LogP contribution in [0.4, 0.5) is 5.69 Å². The van der Waals surface area contributed by atoms with E-state index in [-0.39, 0.29) is 12.3 Å². The van der Waals surface area contributed by atoms with Crippen LogP contribution in [0.5, 0.6) is 0 Å². The van der Waals surface area contributed by atoms with Crippen molar-refractivity contribution in [2.24, 2.45) is 0 Å². The Morgan fingerprint density at radius 1 is 1.19 bits per heavy atom. The Hall–Kier alpha value is -3.15. The number of amides is 1. The number of aromatic nitrogens is 1. The second-order valence-electron chi connectivity index (χ2n) is 6.24. The number of nitrogens with one attached hydrogen (secondary N) is 1. The Balaban J connectivity index is 1.61. The number of ether oxygens (including phenoxy) is 1. The van der Waals surface area contributed by atoms with Crippen LogP contribution in [-0.4, -0.2) is 23.1 Å². The van der Waals surface area contributed by atoms with Gasteiger partial charge in [0.05, 0.1) is 6.42 Å². The molecule has 0 aliphatic carbocycles. The van der Waals surface area contributed by atoms with E-state index in [1.165, 1.54) is 0 Å². The molecule has 1 aromatic heterocycles. The molecule has 1 N–H and O–H groups in total. The van der Waals surface area contributed by atoms with Crippen LogP contribution in [0, 0.1) is 13.8 Å². The fraction of sp³-hybridized carbons (Fsp3) is 0.250. The summed E-state index contributed by atoms with van der Waals surface area (Å²) >= 11 is 0. The summed E-state index contributed by atoms with van der Waals surface area (Å²) < 4.78 is 10.4. The number of benzene rings is 2. The molecule has 3 aromatic rings. The molecule has 0 bridgehead atoms. The Kier molecular flexibility index (Phi) is 5.02. The van der Waals surface area contributed by atoms with Crippen LogP contribution < -0.4 is 5.32 Å². The fourth-order valence-corrected chi connectivity index (χ4v) is 2.60. The Labute approximate surface area is 151 Å². The summed E-state index contributed by atoms with van der Waals surface area (Å²) in [7, 11) is 0. The predicted molar refractivity (Wildman–Crippen MR) is 97.8 cm³/mol. The number of aryl methyl sites for hydroxylation is 2. The zero-order valence-electron chi connectivity index (χ0n) is 14.9. The van der Waals surface area contributed by atoms with Crippen molar-refractivity contribution in [3.05, 3.63) is 59.3 Å². The van der Waals surface area contributed by atoms with Crippen molar-refractivity contribution in [3.8, 4) is 0 Å². The molecule has 6 nitrogen and oxygen atoms in total. The van der Waals surface area contributed by atoms with E-state index in [2.05, 4.69) is 10.5 Å². The molecule has 0 radical (unpaired) electrons. The van der Waals surface area contributed by atoms with Crippen molar-refractivity contribution in [1.29, 1.82) is 0 Å². The van der Waals surface area contributed by atoms with Crippen molar-refractivity contribution < 1.29 is 18.8 Å². The highest BCUT2D eigenvalue weighted by molar-refractivity contribution is 5.96. The van der Waals surface area contributed by atoms with E-state index in [1.807, 2.05) is 50.2 Å². The van der Waals surface area contributed by atoms with E-state index < -0.39 is 12.1 Å². The Morgan fingerprint density at radius 2 is 1.96 bits per heavy atom. The number of esters is 1. The van der Waals surface area contributed by atoms with Crippen molar-refractivity contribution in [2.45, 2.75) is 33.3 Å². The molecule has 26 heavy (non-hydrogen) atoms. The molecule has 0 unspecified atom stereocenters. The molecule has 1 heterocycles. The third kappa shape index (κ3) is 3.91. The SMILES string of the molecule is Cc1ccc(C)c(NC(=O)[C@@H](C)OC(=O)Cc2noc3ccccc23)c1. The normalized spacial score (nSPS) is 12.0. The summed E-state index contributed by atoms with van der Waals surface area (Å²) in [5.74, 6) is -0.912. The molecule has 0 saturated carbocycles. The molecule has 0 aliphatic heterocycles. The van der Waals surface area contributed by atoms with Gasteiger partial charge in [-0.25, -0.2) is 0 Å². The molecule has 0 fully saturated rings. The van der Waals surface area contributed by atoms with Crippen molar-refractivity contribution in [2.75, 3.05) is 5.32 Å². The lowest BCUT2D eigenvalue weighted by atomic mass is 10.1. The van der Waals surface area contributed by atoms with Crippen LogP contribution in [0.15, 0.2) is 47.0 Å². The van der Waals surface area contributed by atoms with E-state index in [4.69, 9.17) is 9.26 Å². The first-order chi connectivity index (χ1) is 12.4. The van der Waals surface area contributed by atoms with Gasteiger partial charge in [0.1, 0.15) is 5.69 Å². The number of nitrogens with zero attached hydrogens (tertiary/aromatic N) is 1. The lowest BCUT2D eigenvalue weighted by molar-refractivity contribution is -0.152. The average molecular weight is 352 g/mol. The van der Waals surface area contributed by atoms with Gasteiger partial charge < -0.3 is 14.6 Å². The van der Waals surface area contributed by atoms with E-state index >= 15 is 0 Å². The number of para-hydroxylation sites is 1. The summed E-state index contributed by atoms with van der Waals surface area (Å²) in [4.78, 5) is 24.5. The van der Waals surface area contributed by atoms with E-state index in [1.54, 1.807) is 13.0 Å². The van der Waals surface area contributed by atoms with Gasteiger partial charge in [-0.15, -0.1) is 0 Å². The first-order valence-corrected chi connectivity index (χ1v) is 8.35. The highest BCUT2D eigenvalue weighted by atomic mass is 16.5. The molecule has 3 rings (SSSR count). The van der Waals surface area contributed by atoms with Gasteiger partial charge in [0.25, 0.3) is 5.91 Å². The van der Waals surface area contributed by atoms with Gasteiger partial charge in [0, 0.05) is 11.1 Å². The van der Waals surface area contributed by atoms with Crippen LogP contribution in [-0.2, 0) is 20.7 Å². The molecule has 134 valence electrons. The molecular formula is C20H20N2O4. The molecule has 1 amide bonds. The Morgan fingerprint density at radius 3 is 2.77 bits per heavy atom. The average Bonchev–Trinajstić information content (AvgIpc) is 3.01. The molecule has 1 atom stereocenters. The molecule has 0 aliphatic rings. The van der Waals surface area contributed by atoms with Gasteiger partial charge in [-0.05, 0) is 50.1 Å². The predicted octanol–water partition coefficient (Wildman–Crippen LogP) is 3.56. The standard InChI is InChI=1S/C20H20N2O4/c1-12-8-9-13(2)16(10-12)21-20(24)14(3)25-19(23)11-17-15-6-4-5-7-18(15)26-22-17/h4-10,14H,11H2,1-3H3,(H,21,24)/t14-/m1/s1. The number of carbonyl (C=O) groups is 2. The highest BCUT2D eigenvalue weighted by Gasteiger charge is 2.20. The number of hydrogen-bond acceptors (Lipinski definition) is 5. The highest BCUT2D eigenvalue weighted by Crippen LogP contribution is 2.19. The minimum atomic E-state index is -0.916. The lowest BCUT2D eigenvalue weighted by Gasteiger charge is -2.15. The lowest BCUT2D eigenvalue weighted by Crippen LogP contribution is -2.30. The molecule has 6 heteroatoms. The van der Waals surface area contributed by atoms with Crippen molar-refractivity contribution >= 4 is 28.5 Å². The van der Waals surface area contributed by atoms with Gasteiger partial charge in [0.15, 0.2) is 11.7 Å². The molecular weight excluding hydrogens is 332 g/mol. The summed E-state index contributed by atoms with van der Waals surface area (Å²) in [6.45, 7) is 5.39. The summed E-state index contributed by atoms with van der Waals surface area (Å²) in [6, 6.07) is 13.0. The van der Waals surface area contributed by atoms with Gasteiger partial charge in [0.2, 0.25) is 0 Å². The largest absolute Gasteiger partial charge is 0.452 e. The number of fused-ring (bicyclic) bond motifs is 1. The zero-order chi connectivity index (χ0) is 18.7. The number of hydrogen-bond donors (Lipinski definition) is 1. The maximum atomic E-state index is 12.3. The quantitative estimate of drug-likeness (QED) is 0.710. The summed E-state index contributed by atoms with van der Waals surface area (Å²) in [5, 5.41) is 7.46. The third-order valence-electron chi connectivity index (χ3n) is 4.09. The number of anilines is 1. The van der Waals surface area contributed by atoms with Crippen LogP contribution >= 0.6 is 0 Å². The molecule has 0 spiro atoms. The first kappa shape index (κ1) is 17.7. The third-order valence-corrected chi connectivity index (χ3v) is 4.09. The first-order valence-electron chi connectivity index (χ1n) is 8.35. The van der Waals surface area contributed by atoms with E-state index in [0.29, 0.717) is 17.0 Å². The second kappa shape index (κ2) is 7.39. The van der Waals surface area contributed by atoms with Gasteiger partial charge in [-0.1, -0.05) is 29.4 Å². The minimum absolute atomic E-state index is 0.0574. The summed E-state index contributed by atoms with van der Waals surface area (Å²) in [5.41, 5.74) is 3.79. The second-order valence-corrected chi connectivity index (χ2v) is 6.24. The monoisotopic (exact) mass is 352 g/mol. The smallest absolute Gasteiger partial charge is 0.312 e. The van der Waals surface area contributed by atoms with Gasteiger partial charge in [-0.3, -0.25) is 9.59 Å². The minimum Gasteiger partial charge on any atom is -0.452 e. The van der Waals surface area contributed by atoms with E-state index in [0.717, 1.165) is 16.5 Å². The van der Waals surface area contributed by atoms with Crippen LogP contribution in [0.2, 0.25) is 0 Å². The Bertz CT molecular complexity index is 961.